The Labute approximate surface area is 180 Å². The fraction of sp³-hybridized carbons (Fsp3) is 0.286. The maximum Gasteiger partial charge on any atom is 0.233 e. The monoisotopic (exact) mass is 429 g/mol. The molecule has 0 bridgehead atoms. The van der Waals surface area contributed by atoms with E-state index >= 15 is 0 Å². The number of hydrogen-bond donors (Lipinski definition) is 1. The molecule has 2 N–H and O–H groups in total. The molecule has 0 spiro atoms. The van der Waals surface area contributed by atoms with Gasteiger partial charge in [0, 0.05) is 22.7 Å². The van der Waals surface area contributed by atoms with Crippen molar-refractivity contribution in [1.82, 2.24) is 19.8 Å². The van der Waals surface area contributed by atoms with Gasteiger partial charge < -0.3 is 10.7 Å². The average Bonchev–Trinajstić information content (AvgIpc) is 3.05. The Hall–Kier alpha value is -2.51. The van der Waals surface area contributed by atoms with Crippen LogP contribution in [0.15, 0.2) is 59.8 Å². The van der Waals surface area contributed by atoms with E-state index in [-0.39, 0.29) is 17.2 Å². The molecule has 29 heavy (non-hydrogen) atoms. The molecule has 0 aliphatic heterocycles. The topological polar surface area (TPSA) is 77.0 Å². The number of hydrogen-bond acceptors (Lipinski definition) is 5. The van der Waals surface area contributed by atoms with E-state index in [0.29, 0.717) is 22.5 Å². The Balaban J connectivity index is 1.71. The van der Waals surface area contributed by atoms with Crippen LogP contribution < -0.4 is 5.84 Å². The third-order valence-corrected chi connectivity index (χ3v) is 5.57. The lowest BCUT2D eigenvalue weighted by Crippen LogP contribution is -2.46. The first kappa shape index (κ1) is 21.2. The van der Waals surface area contributed by atoms with E-state index in [0.717, 1.165) is 11.1 Å². The van der Waals surface area contributed by atoms with Gasteiger partial charge in [0.05, 0.1) is 5.75 Å². The number of benzene rings is 2. The fourth-order valence-electron chi connectivity index (χ4n) is 2.84. The van der Waals surface area contributed by atoms with Crippen LogP contribution in [0.5, 0.6) is 0 Å². The molecule has 1 amide bonds. The first-order valence-electron chi connectivity index (χ1n) is 9.19. The summed E-state index contributed by atoms with van der Waals surface area (Å²) in [5, 5.41) is 9.41. The largest absolute Gasteiger partial charge is 0.335 e. The van der Waals surface area contributed by atoms with Crippen LogP contribution >= 0.6 is 23.4 Å². The number of nitrogens with zero attached hydrogens (tertiary/aromatic N) is 4. The van der Waals surface area contributed by atoms with E-state index in [4.69, 9.17) is 17.4 Å². The summed E-state index contributed by atoms with van der Waals surface area (Å²) in [7, 11) is 0. The molecule has 0 saturated heterocycles. The number of aromatic nitrogens is 3. The minimum absolute atomic E-state index is 0.0161. The van der Waals surface area contributed by atoms with Crippen LogP contribution in [0.4, 0.5) is 0 Å². The van der Waals surface area contributed by atoms with Gasteiger partial charge in [0.2, 0.25) is 11.1 Å². The Morgan fingerprint density at radius 1 is 1.10 bits per heavy atom. The number of carbonyl (C=O) groups excluding carboxylic acids is 1. The molecule has 0 fully saturated rings. The van der Waals surface area contributed by atoms with Gasteiger partial charge in [0.1, 0.15) is 0 Å². The van der Waals surface area contributed by atoms with Gasteiger partial charge >= 0.3 is 0 Å². The van der Waals surface area contributed by atoms with E-state index in [1.165, 1.54) is 16.4 Å². The van der Waals surface area contributed by atoms with Gasteiger partial charge in [0.25, 0.3) is 0 Å². The van der Waals surface area contributed by atoms with Gasteiger partial charge in [-0.05, 0) is 50.6 Å². The molecule has 0 saturated carbocycles. The Morgan fingerprint density at radius 3 is 2.38 bits per heavy atom. The quantitative estimate of drug-likeness (QED) is 0.468. The van der Waals surface area contributed by atoms with E-state index < -0.39 is 0 Å². The third-order valence-electron chi connectivity index (χ3n) is 4.39. The highest BCUT2D eigenvalue weighted by Gasteiger charge is 2.27. The highest BCUT2D eigenvalue weighted by Crippen LogP contribution is 2.25. The number of amides is 1. The van der Waals surface area contributed by atoms with Gasteiger partial charge in [-0.25, -0.2) is 4.68 Å². The lowest BCUT2D eigenvalue weighted by atomic mass is 10.0. The molecule has 3 rings (SSSR count). The molecule has 0 aliphatic carbocycles. The second-order valence-corrected chi connectivity index (χ2v) is 8.99. The smallest absolute Gasteiger partial charge is 0.233 e. The number of thioether (sulfide) groups is 1. The summed E-state index contributed by atoms with van der Waals surface area (Å²) in [6.45, 7) is 6.64. The zero-order valence-corrected chi connectivity index (χ0v) is 18.2. The summed E-state index contributed by atoms with van der Waals surface area (Å²) in [6.07, 6.45) is 0. The maximum absolute atomic E-state index is 13.0. The molecule has 0 radical (unpaired) electrons. The number of carbonyl (C=O) groups is 1. The standard InChI is InChI=1S/C21H24ClN5OS/c1-21(2,3)26(13-15-7-5-4-6-8-15)18(28)14-29-20-25-24-19(27(20)23)16-9-11-17(22)12-10-16/h4-12H,13-14,23H2,1-3H3. The highest BCUT2D eigenvalue weighted by molar-refractivity contribution is 7.99. The second kappa shape index (κ2) is 8.88. The molecular weight excluding hydrogens is 406 g/mol. The van der Waals surface area contributed by atoms with Crippen LogP contribution in [-0.4, -0.2) is 37.0 Å². The molecular formula is C21H24ClN5OS. The summed E-state index contributed by atoms with van der Waals surface area (Å²) in [5.41, 5.74) is 1.59. The first-order valence-corrected chi connectivity index (χ1v) is 10.6. The number of nitrogens with two attached hydrogens (primary N) is 1. The molecule has 2 aromatic carbocycles. The lowest BCUT2D eigenvalue weighted by Gasteiger charge is -2.36. The predicted octanol–water partition coefficient (Wildman–Crippen LogP) is 4.23. The average molecular weight is 430 g/mol. The van der Waals surface area contributed by atoms with Gasteiger partial charge in [-0.2, -0.15) is 0 Å². The number of rotatable bonds is 6. The molecule has 1 heterocycles. The van der Waals surface area contributed by atoms with Crippen molar-refractivity contribution in [2.45, 2.75) is 38.0 Å². The van der Waals surface area contributed by atoms with Crippen molar-refractivity contribution in [2.24, 2.45) is 0 Å². The van der Waals surface area contributed by atoms with Crippen LogP contribution in [0.3, 0.4) is 0 Å². The Kier molecular flexibility index (Phi) is 6.49. The van der Waals surface area contributed by atoms with Gasteiger partial charge in [0.15, 0.2) is 5.82 Å². The molecule has 8 heteroatoms. The number of halogens is 1. The van der Waals surface area contributed by atoms with Crippen molar-refractivity contribution in [2.75, 3.05) is 11.6 Å². The van der Waals surface area contributed by atoms with Crippen molar-refractivity contribution >= 4 is 29.3 Å². The van der Waals surface area contributed by atoms with Crippen molar-refractivity contribution in [3.8, 4) is 11.4 Å². The summed E-state index contributed by atoms with van der Waals surface area (Å²) in [6, 6.07) is 17.2. The second-order valence-electron chi connectivity index (χ2n) is 7.61. The van der Waals surface area contributed by atoms with Crippen LogP contribution in [0.1, 0.15) is 26.3 Å². The number of nitrogen functional groups attached to an aromatic ring is 1. The fourth-order valence-corrected chi connectivity index (χ4v) is 3.70. The zero-order valence-electron chi connectivity index (χ0n) is 16.7. The van der Waals surface area contributed by atoms with Crippen molar-refractivity contribution in [3.05, 3.63) is 65.2 Å². The molecule has 1 aromatic heterocycles. The summed E-state index contributed by atoms with van der Waals surface area (Å²) < 4.78 is 1.40. The van der Waals surface area contributed by atoms with E-state index in [9.17, 15) is 4.79 Å². The van der Waals surface area contributed by atoms with Gasteiger partial charge in [-0.3, -0.25) is 4.79 Å². The molecule has 0 unspecified atom stereocenters. The minimum Gasteiger partial charge on any atom is -0.335 e. The van der Waals surface area contributed by atoms with E-state index in [1.807, 2.05) is 68.1 Å². The molecule has 0 atom stereocenters. The van der Waals surface area contributed by atoms with Gasteiger partial charge in [-0.1, -0.05) is 53.7 Å². The zero-order chi connectivity index (χ0) is 21.0. The summed E-state index contributed by atoms with van der Waals surface area (Å²) in [4.78, 5) is 14.9. The Bertz CT molecular complexity index is 967. The Morgan fingerprint density at radius 2 is 1.76 bits per heavy atom. The van der Waals surface area contributed by atoms with Crippen molar-refractivity contribution < 1.29 is 4.79 Å². The highest BCUT2D eigenvalue weighted by atomic mass is 35.5. The molecule has 3 aromatic rings. The van der Waals surface area contributed by atoms with Crippen LogP contribution in [0, 0.1) is 0 Å². The minimum atomic E-state index is -0.307. The molecule has 6 nitrogen and oxygen atoms in total. The van der Waals surface area contributed by atoms with Crippen LogP contribution in [-0.2, 0) is 11.3 Å². The first-order chi connectivity index (χ1) is 13.8. The normalized spacial score (nSPS) is 11.4. The van der Waals surface area contributed by atoms with E-state index in [1.54, 1.807) is 12.1 Å². The summed E-state index contributed by atoms with van der Waals surface area (Å²) >= 11 is 7.21. The van der Waals surface area contributed by atoms with Crippen LogP contribution in [0.2, 0.25) is 5.02 Å². The SMILES string of the molecule is CC(C)(C)N(Cc1ccccc1)C(=O)CSc1nnc(-c2ccc(Cl)cc2)n1N. The van der Waals surface area contributed by atoms with Crippen LogP contribution in [0.25, 0.3) is 11.4 Å². The lowest BCUT2D eigenvalue weighted by molar-refractivity contribution is -0.133. The predicted molar refractivity (Wildman–Crippen MR) is 118 cm³/mol. The van der Waals surface area contributed by atoms with E-state index in [2.05, 4.69) is 10.2 Å². The third kappa shape index (κ3) is 5.31. The maximum atomic E-state index is 13.0. The molecule has 152 valence electrons. The summed E-state index contributed by atoms with van der Waals surface area (Å²) in [5.74, 6) is 6.92. The van der Waals surface area contributed by atoms with Gasteiger partial charge in [-0.15, -0.1) is 10.2 Å². The van der Waals surface area contributed by atoms with Crippen molar-refractivity contribution in [1.29, 1.82) is 0 Å². The molecule has 0 aliphatic rings. The van der Waals surface area contributed by atoms with Crippen molar-refractivity contribution in [3.63, 3.8) is 0 Å².